The molecule has 22 heavy (non-hydrogen) atoms. The fraction of sp³-hybridized carbons (Fsp3) is 0.333. The second kappa shape index (κ2) is 7.18. The summed E-state index contributed by atoms with van der Waals surface area (Å²) in [6.07, 6.45) is 3.76. The van der Waals surface area contributed by atoms with E-state index in [4.69, 9.17) is 0 Å². The van der Waals surface area contributed by atoms with Gasteiger partial charge in [0.05, 0.1) is 18.3 Å². The van der Waals surface area contributed by atoms with Crippen LogP contribution in [0.3, 0.4) is 0 Å². The maximum Gasteiger partial charge on any atom is 0.237 e. The van der Waals surface area contributed by atoms with Crippen molar-refractivity contribution in [3.05, 3.63) is 66.0 Å². The van der Waals surface area contributed by atoms with E-state index in [1.165, 1.54) is 5.56 Å². The molecule has 1 aliphatic rings. The molecule has 1 atom stereocenters. The lowest BCUT2D eigenvalue weighted by Gasteiger charge is -2.23. The number of pyridine rings is 1. The van der Waals surface area contributed by atoms with E-state index in [1.807, 2.05) is 36.4 Å². The summed E-state index contributed by atoms with van der Waals surface area (Å²) in [7, 11) is 0. The Labute approximate surface area is 131 Å². The third kappa shape index (κ3) is 3.71. The quantitative estimate of drug-likeness (QED) is 0.921. The lowest BCUT2D eigenvalue weighted by atomic mass is 10.1. The molecular weight excluding hydrogens is 274 g/mol. The first-order chi connectivity index (χ1) is 10.8. The second-order valence-corrected chi connectivity index (χ2v) is 5.65. The summed E-state index contributed by atoms with van der Waals surface area (Å²) in [5.74, 6) is 0.110. The van der Waals surface area contributed by atoms with Crippen LogP contribution >= 0.6 is 0 Å². The molecule has 3 rings (SSSR count). The van der Waals surface area contributed by atoms with Crippen LogP contribution in [0, 0.1) is 0 Å². The van der Waals surface area contributed by atoms with Crippen molar-refractivity contribution in [1.29, 1.82) is 0 Å². The Morgan fingerprint density at radius 1 is 1.18 bits per heavy atom. The van der Waals surface area contributed by atoms with Crippen LogP contribution in [0.4, 0.5) is 0 Å². The maximum absolute atomic E-state index is 12.4. The Morgan fingerprint density at radius 2 is 2.00 bits per heavy atom. The third-order valence-electron chi connectivity index (χ3n) is 4.06. The minimum Gasteiger partial charge on any atom is -0.349 e. The van der Waals surface area contributed by atoms with Crippen molar-refractivity contribution in [2.45, 2.75) is 32.0 Å². The highest BCUT2D eigenvalue weighted by Gasteiger charge is 2.30. The molecule has 1 fully saturated rings. The van der Waals surface area contributed by atoms with Gasteiger partial charge in [0.2, 0.25) is 5.91 Å². The number of carbonyl (C=O) groups is 1. The Hall–Kier alpha value is -2.20. The van der Waals surface area contributed by atoms with Crippen LogP contribution in [0.2, 0.25) is 0 Å². The molecule has 2 heterocycles. The summed E-state index contributed by atoms with van der Waals surface area (Å²) >= 11 is 0. The molecule has 0 bridgehead atoms. The topological polar surface area (TPSA) is 45.2 Å². The van der Waals surface area contributed by atoms with Gasteiger partial charge < -0.3 is 5.32 Å². The molecule has 0 radical (unpaired) electrons. The van der Waals surface area contributed by atoms with E-state index in [1.54, 1.807) is 6.20 Å². The van der Waals surface area contributed by atoms with Gasteiger partial charge in [0.25, 0.3) is 0 Å². The van der Waals surface area contributed by atoms with Crippen molar-refractivity contribution in [3.63, 3.8) is 0 Å². The monoisotopic (exact) mass is 295 g/mol. The van der Waals surface area contributed by atoms with E-state index in [2.05, 4.69) is 27.3 Å². The number of hydrogen-bond acceptors (Lipinski definition) is 3. The Kier molecular flexibility index (Phi) is 4.81. The molecule has 2 aromatic rings. The first-order valence-electron chi connectivity index (χ1n) is 7.78. The fourth-order valence-electron chi connectivity index (χ4n) is 2.93. The first kappa shape index (κ1) is 14.7. The fourth-order valence-corrected chi connectivity index (χ4v) is 2.93. The van der Waals surface area contributed by atoms with Gasteiger partial charge in [0, 0.05) is 12.7 Å². The molecule has 1 aromatic carbocycles. The zero-order chi connectivity index (χ0) is 15.2. The summed E-state index contributed by atoms with van der Waals surface area (Å²) in [5.41, 5.74) is 2.15. The number of hydrogen-bond donors (Lipinski definition) is 1. The Balaban J connectivity index is 1.57. The van der Waals surface area contributed by atoms with Crippen LogP contribution in [0.15, 0.2) is 54.7 Å². The predicted octanol–water partition coefficient (Wildman–Crippen LogP) is 2.36. The standard InChI is InChI=1S/C18H21N3O/c22-18(20-13-16-9-4-5-11-19-16)17-10-6-12-21(17)14-15-7-2-1-3-8-15/h1-5,7-9,11,17H,6,10,12-14H2,(H,20,22). The minimum absolute atomic E-state index is 0.0241. The molecule has 1 N–H and O–H groups in total. The molecular formula is C18H21N3O. The van der Waals surface area contributed by atoms with E-state index < -0.39 is 0 Å². The van der Waals surface area contributed by atoms with E-state index in [-0.39, 0.29) is 11.9 Å². The highest BCUT2D eigenvalue weighted by molar-refractivity contribution is 5.82. The number of likely N-dealkylation sites (tertiary alicyclic amines) is 1. The molecule has 1 amide bonds. The van der Waals surface area contributed by atoms with Crippen LogP contribution in [0.25, 0.3) is 0 Å². The van der Waals surface area contributed by atoms with Crippen LogP contribution in [-0.2, 0) is 17.9 Å². The van der Waals surface area contributed by atoms with E-state index in [0.717, 1.165) is 31.6 Å². The van der Waals surface area contributed by atoms with Crippen molar-refractivity contribution in [1.82, 2.24) is 15.2 Å². The summed E-state index contributed by atoms with van der Waals surface area (Å²) in [6.45, 7) is 2.31. The summed E-state index contributed by atoms with van der Waals surface area (Å²) < 4.78 is 0. The molecule has 1 aromatic heterocycles. The normalized spacial score (nSPS) is 18.3. The average molecular weight is 295 g/mol. The molecule has 1 aliphatic heterocycles. The zero-order valence-corrected chi connectivity index (χ0v) is 12.6. The molecule has 1 saturated heterocycles. The SMILES string of the molecule is O=C(NCc1ccccn1)C1CCCN1Cc1ccccc1. The highest BCUT2D eigenvalue weighted by Crippen LogP contribution is 2.20. The first-order valence-corrected chi connectivity index (χ1v) is 7.78. The van der Waals surface area contributed by atoms with Gasteiger partial charge in [-0.1, -0.05) is 36.4 Å². The number of nitrogens with zero attached hydrogens (tertiary/aromatic N) is 2. The Bertz CT molecular complexity index is 600. The van der Waals surface area contributed by atoms with Crippen LogP contribution < -0.4 is 5.32 Å². The van der Waals surface area contributed by atoms with Crippen molar-refractivity contribution in [2.75, 3.05) is 6.54 Å². The number of benzene rings is 1. The average Bonchev–Trinajstić information content (AvgIpc) is 3.03. The van der Waals surface area contributed by atoms with Crippen molar-refractivity contribution in [2.24, 2.45) is 0 Å². The molecule has 1 unspecified atom stereocenters. The van der Waals surface area contributed by atoms with E-state index in [0.29, 0.717) is 6.54 Å². The Morgan fingerprint density at radius 3 is 2.77 bits per heavy atom. The number of amides is 1. The molecule has 0 saturated carbocycles. The van der Waals surface area contributed by atoms with Gasteiger partial charge in [-0.05, 0) is 37.1 Å². The van der Waals surface area contributed by atoms with Gasteiger partial charge in [0.15, 0.2) is 0 Å². The lowest BCUT2D eigenvalue weighted by molar-refractivity contribution is -0.125. The second-order valence-electron chi connectivity index (χ2n) is 5.65. The summed E-state index contributed by atoms with van der Waals surface area (Å²) in [6, 6.07) is 16.0. The largest absolute Gasteiger partial charge is 0.349 e. The van der Waals surface area contributed by atoms with E-state index in [9.17, 15) is 4.79 Å². The van der Waals surface area contributed by atoms with Crippen molar-refractivity contribution in [3.8, 4) is 0 Å². The summed E-state index contributed by atoms with van der Waals surface area (Å²) in [5, 5.41) is 3.01. The van der Waals surface area contributed by atoms with Gasteiger partial charge in [-0.3, -0.25) is 14.7 Å². The number of rotatable bonds is 5. The number of carbonyl (C=O) groups excluding carboxylic acids is 1. The molecule has 114 valence electrons. The van der Waals surface area contributed by atoms with Crippen molar-refractivity contribution >= 4 is 5.91 Å². The summed E-state index contributed by atoms with van der Waals surface area (Å²) in [4.78, 5) is 18.9. The van der Waals surface area contributed by atoms with Gasteiger partial charge in [-0.15, -0.1) is 0 Å². The molecule has 0 spiro atoms. The zero-order valence-electron chi connectivity index (χ0n) is 12.6. The van der Waals surface area contributed by atoms with Crippen LogP contribution in [-0.4, -0.2) is 28.4 Å². The van der Waals surface area contributed by atoms with Gasteiger partial charge in [-0.25, -0.2) is 0 Å². The smallest absolute Gasteiger partial charge is 0.237 e. The van der Waals surface area contributed by atoms with E-state index >= 15 is 0 Å². The van der Waals surface area contributed by atoms with Crippen LogP contribution in [0.5, 0.6) is 0 Å². The van der Waals surface area contributed by atoms with Crippen LogP contribution in [0.1, 0.15) is 24.1 Å². The maximum atomic E-state index is 12.4. The molecule has 4 heteroatoms. The number of nitrogens with one attached hydrogen (secondary N) is 1. The van der Waals surface area contributed by atoms with Crippen molar-refractivity contribution < 1.29 is 4.79 Å². The molecule has 4 nitrogen and oxygen atoms in total. The predicted molar refractivity (Wildman–Crippen MR) is 86.0 cm³/mol. The minimum atomic E-state index is -0.0241. The highest BCUT2D eigenvalue weighted by atomic mass is 16.2. The lowest BCUT2D eigenvalue weighted by Crippen LogP contribution is -2.42. The molecule has 0 aliphatic carbocycles. The number of aromatic nitrogens is 1. The van der Waals surface area contributed by atoms with Gasteiger partial charge in [0.1, 0.15) is 0 Å². The third-order valence-corrected chi connectivity index (χ3v) is 4.06. The van der Waals surface area contributed by atoms with Gasteiger partial charge in [-0.2, -0.15) is 0 Å². The van der Waals surface area contributed by atoms with Gasteiger partial charge >= 0.3 is 0 Å².